The first kappa shape index (κ1) is 14.4. The maximum absolute atomic E-state index is 9.19. The van der Waals surface area contributed by atoms with Crippen LogP contribution in [0.5, 0.6) is 0 Å². The van der Waals surface area contributed by atoms with Gasteiger partial charge >= 0.3 is 0 Å². The maximum Gasteiger partial charge on any atom is 0.0434 e. The standard InChI is InChI=1S/C19H30O/c1-14-7-5-11-19(2)17-10-4-3-9-16(17)15(8-6-12-20)13-18(14)19/h5,11,13-14,16-18,20H,3-4,6-10,12H2,1-2H3/t14-,16+,17-,18-,19+/m0/s1. The molecule has 5 atom stereocenters. The average Bonchev–Trinajstić information content (AvgIpc) is 2.46. The average molecular weight is 274 g/mol. The second-order valence-electron chi connectivity index (χ2n) is 7.57. The Morgan fingerprint density at radius 2 is 2.10 bits per heavy atom. The Bertz CT molecular complexity index is 408. The van der Waals surface area contributed by atoms with Crippen LogP contribution in [0.25, 0.3) is 0 Å². The van der Waals surface area contributed by atoms with Crippen LogP contribution in [-0.4, -0.2) is 11.7 Å². The van der Waals surface area contributed by atoms with Gasteiger partial charge in [0.25, 0.3) is 0 Å². The van der Waals surface area contributed by atoms with Crippen molar-refractivity contribution in [1.29, 1.82) is 0 Å². The van der Waals surface area contributed by atoms with Gasteiger partial charge in [-0.1, -0.05) is 50.5 Å². The number of fused-ring (bicyclic) bond motifs is 3. The summed E-state index contributed by atoms with van der Waals surface area (Å²) < 4.78 is 0. The lowest BCUT2D eigenvalue weighted by Crippen LogP contribution is -2.46. The predicted octanol–water partition coefficient (Wildman–Crippen LogP) is 4.72. The van der Waals surface area contributed by atoms with Crippen molar-refractivity contribution in [3.63, 3.8) is 0 Å². The van der Waals surface area contributed by atoms with Crippen molar-refractivity contribution in [1.82, 2.24) is 0 Å². The highest BCUT2D eigenvalue weighted by Gasteiger charge is 2.49. The van der Waals surface area contributed by atoms with Gasteiger partial charge in [0, 0.05) is 6.61 Å². The van der Waals surface area contributed by atoms with Crippen molar-refractivity contribution in [2.75, 3.05) is 6.61 Å². The molecule has 1 nitrogen and oxygen atoms in total. The van der Waals surface area contributed by atoms with Crippen LogP contribution in [0.2, 0.25) is 0 Å². The fourth-order valence-electron chi connectivity index (χ4n) is 5.35. The van der Waals surface area contributed by atoms with Crippen LogP contribution in [0.1, 0.15) is 58.8 Å². The summed E-state index contributed by atoms with van der Waals surface area (Å²) in [6, 6.07) is 0. The molecule has 0 aromatic rings. The molecular formula is C19H30O. The zero-order chi connectivity index (χ0) is 14.2. The highest BCUT2D eigenvalue weighted by atomic mass is 16.2. The molecule has 3 aliphatic rings. The first-order valence-electron chi connectivity index (χ1n) is 8.66. The lowest BCUT2D eigenvalue weighted by molar-refractivity contribution is 0.0489. The number of rotatable bonds is 3. The zero-order valence-electron chi connectivity index (χ0n) is 13.1. The summed E-state index contributed by atoms with van der Waals surface area (Å²) in [6.07, 6.45) is 16.6. The molecule has 0 aromatic carbocycles. The number of hydrogen-bond acceptors (Lipinski definition) is 1. The third-order valence-corrected chi connectivity index (χ3v) is 6.37. The van der Waals surface area contributed by atoms with Gasteiger partial charge in [0.15, 0.2) is 0 Å². The van der Waals surface area contributed by atoms with E-state index in [1.165, 1.54) is 32.1 Å². The summed E-state index contributed by atoms with van der Waals surface area (Å²) in [5.74, 6) is 3.14. The number of allylic oxidation sites excluding steroid dienone is 4. The molecule has 1 fully saturated rings. The highest BCUT2D eigenvalue weighted by Crippen LogP contribution is 2.58. The van der Waals surface area contributed by atoms with E-state index in [1.807, 2.05) is 0 Å². The summed E-state index contributed by atoms with van der Waals surface area (Å²) in [7, 11) is 0. The second-order valence-corrected chi connectivity index (χ2v) is 7.57. The first-order valence-corrected chi connectivity index (χ1v) is 8.66. The molecule has 1 saturated carbocycles. The van der Waals surface area contributed by atoms with E-state index in [0.717, 1.165) is 36.5 Å². The Kier molecular flexibility index (Phi) is 4.08. The minimum absolute atomic E-state index is 0.339. The molecule has 20 heavy (non-hydrogen) atoms. The minimum Gasteiger partial charge on any atom is -0.396 e. The van der Waals surface area contributed by atoms with E-state index >= 15 is 0 Å². The van der Waals surface area contributed by atoms with Gasteiger partial charge in [0.1, 0.15) is 0 Å². The molecule has 3 aliphatic carbocycles. The molecule has 3 rings (SSSR count). The summed E-state index contributed by atoms with van der Waals surface area (Å²) in [6.45, 7) is 5.29. The Morgan fingerprint density at radius 3 is 2.90 bits per heavy atom. The molecule has 1 heteroatoms. The molecule has 0 aliphatic heterocycles. The van der Waals surface area contributed by atoms with Gasteiger partial charge in [-0.05, 0) is 61.2 Å². The fraction of sp³-hybridized carbons (Fsp3) is 0.789. The van der Waals surface area contributed by atoms with Gasteiger partial charge in [-0.25, -0.2) is 0 Å². The molecule has 0 bridgehead atoms. The van der Waals surface area contributed by atoms with Crippen LogP contribution >= 0.6 is 0 Å². The molecule has 0 spiro atoms. The number of hydrogen-bond donors (Lipinski definition) is 1. The Hall–Kier alpha value is -0.560. The van der Waals surface area contributed by atoms with Crippen LogP contribution in [0, 0.1) is 29.1 Å². The SMILES string of the molecule is C[C@H]1CC=C[C@@]2(C)[C@H]1C=C(CCCO)[C@H]1CCCC[C@@H]12. The van der Waals surface area contributed by atoms with E-state index in [0.29, 0.717) is 12.0 Å². The van der Waals surface area contributed by atoms with Gasteiger partial charge in [0.2, 0.25) is 0 Å². The van der Waals surface area contributed by atoms with Gasteiger partial charge in [-0.2, -0.15) is 0 Å². The van der Waals surface area contributed by atoms with Crippen LogP contribution in [0.4, 0.5) is 0 Å². The monoisotopic (exact) mass is 274 g/mol. The Morgan fingerprint density at radius 1 is 1.30 bits per heavy atom. The van der Waals surface area contributed by atoms with Crippen LogP contribution in [0.3, 0.4) is 0 Å². The highest BCUT2D eigenvalue weighted by molar-refractivity contribution is 5.26. The second kappa shape index (κ2) is 5.67. The van der Waals surface area contributed by atoms with Crippen molar-refractivity contribution in [3.05, 3.63) is 23.8 Å². The van der Waals surface area contributed by atoms with Crippen molar-refractivity contribution in [3.8, 4) is 0 Å². The van der Waals surface area contributed by atoms with Gasteiger partial charge in [0.05, 0.1) is 0 Å². The van der Waals surface area contributed by atoms with Crippen molar-refractivity contribution in [2.24, 2.45) is 29.1 Å². The van der Waals surface area contributed by atoms with E-state index in [-0.39, 0.29) is 0 Å². The molecule has 0 radical (unpaired) electrons. The minimum atomic E-state index is 0.339. The third kappa shape index (κ3) is 2.28. The lowest BCUT2D eigenvalue weighted by Gasteiger charge is -2.54. The topological polar surface area (TPSA) is 20.2 Å². The molecule has 0 unspecified atom stereocenters. The molecule has 0 aromatic heterocycles. The van der Waals surface area contributed by atoms with E-state index in [2.05, 4.69) is 32.1 Å². The lowest BCUT2D eigenvalue weighted by atomic mass is 9.50. The smallest absolute Gasteiger partial charge is 0.0434 e. The van der Waals surface area contributed by atoms with Crippen molar-refractivity contribution < 1.29 is 5.11 Å². The summed E-state index contributed by atoms with van der Waals surface area (Å²) in [5, 5.41) is 9.19. The van der Waals surface area contributed by atoms with E-state index in [4.69, 9.17) is 0 Å². The van der Waals surface area contributed by atoms with Crippen LogP contribution in [-0.2, 0) is 0 Å². The fourth-order valence-corrected chi connectivity index (χ4v) is 5.35. The summed E-state index contributed by atoms with van der Waals surface area (Å²) in [4.78, 5) is 0. The van der Waals surface area contributed by atoms with Gasteiger partial charge in [-0.15, -0.1) is 0 Å². The molecule has 0 heterocycles. The van der Waals surface area contributed by atoms with E-state index < -0.39 is 0 Å². The largest absolute Gasteiger partial charge is 0.396 e. The zero-order valence-corrected chi connectivity index (χ0v) is 13.1. The van der Waals surface area contributed by atoms with E-state index in [9.17, 15) is 5.11 Å². The molecular weight excluding hydrogens is 244 g/mol. The Balaban J connectivity index is 1.96. The molecule has 112 valence electrons. The quantitative estimate of drug-likeness (QED) is 0.738. The summed E-state index contributed by atoms with van der Waals surface area (Å²) >= 11 is 0. The van der Waals surface area contributed by atoms with Crippen molar-refractivity contribution in [2.45, 2.75) is 58.8 Å². The number of aliphatic hydroxyl groups is 1. The molecule has 1 N–H and O–H groups in total. The van der Waals surface area contributed by atoms with Gasteiger partial charge < -0.3 is 5.11 Å². The van der Waals surface area contributed by atoms with E-state index in [1.54, 1.807) is 5.57 Å². The van der Waals surface area contributed by atoms with Crippen LogP contribution in [0.15, 0.2) is 23.8 Å². The normalized spacial score (nSPS) is 43.6. The summed E-state index contributed by atoms with van der Waals surface area (Å²) in [5.41, 5.74) is 2.08. The molecule has 0 amide bonds. The van der Waals surface area contributed by atoms with Crippen LogP contribution < -0.4 is 0 Å². The maximum atomic E-state index is 9.19. The predicted molar refractivity (Wildman–Crippen MR) is 84.4 cm³/mol. The molecule has 0 saturated heterocycles. The van der Waals surface area contributed by atoms with Gasteiger partial charge in [-0.3, -0.25) is 0 Å². The Labute approximate surface area is 124 Å². The third-order valence-electron chi connectivity index (χ3n) is 6.37. The number of aliphatic hydroxyl groups excluding tert-OH is 1. The van der Waals surface area contributed by atoms with Crippen molar-refractivity contribution >= 4 is 0 Å². The first-order chi connectivity index (χ1) is 9.66.